The zero-order chi connectivity index (χ0) is 21.5. The molecule has 0 atom stereocenters. The molecule has 0 N–H and O–H groups in total. The molecule has 4 aromatic rings. The molecule has 0 bridgehead atoms. The van der Waals surface area contributed by atoms with Gasteiger partial charge in [0, 0.05) is 11.6 Å². The van der Waals surface area contributed by atoms with E-state index in [1.807, 2.05) is 78.9 Å². The molecule has 0 amide bonds. The molecule has 0 aliphatic carbocycles. The lowest BCUT2D eigenvalue weighted by atomic mass is 9.98. The summed E-state index contributed by atoms with van der Waals surface area (Å²) in [5, 5.41) is 0. The zero-order valence-corrected chi connectivity index (χ0v) is 17.6. The Morgan fingerprint density at radius 3 is 2.00 bits per heavy atom. The summed E-state index contributed by atoms with van der Waals surface area (Å²) in [6.45, 7) is 6.93. The van der Waals surface area contributed by atoms with E-state index < -0.39 is 0 Å². The summed E-state index contributed by atoms with van der Waals surface area (Å²) in [6, 6.07) is 30.3. The fourth-order valence-corrected chi connectivity index (χ4v) is 3.37. The molecule has 3 aromatic carbocycles. The van der Waals surface area contributed by atoms with Crippen molar-refractivity contribution in [3.05, 3.63) is 120 Å². The summed E-state index contributed by atoms with van der Waals surface area (Å²) in [5.41, 5.74) is 6.35. The number of rotatable bonds is 8. The molecule has 0 aliphatic heterocycles. The molecule has 3 nitrogen and oxygen atoms in total. The molecule has 0 spiro atoms. The topological polar surface area (TPSA) is 31.4 Å². The van der Waals surface area contributed by atoms with E-state index in [1.54, 1.807) is 0 Å². The summed E-state index contributed by atoms with van der Waals surface area (Å²) in [4.78, 5) is 4.70. The van der Waals surface area contributed by atoms with Crippen LogP contribution in [0.1, 0.15) is 22.3 Å². The van der Waals surface area contributed by atoms with Gasteiger partial charge in [-0.15, -0.1) is 0 Å². The maximum absolute atomic E-state index is 6.17. The summed E-state index contributed by atoms with van der Waals surface area (Å²) in [5.74, 6) is 1.07. The molecule has 0 radical (unpaired) electrons. The van der Waals surface area contributed by atoms with Crippen molar-refractivity contribution in [1.82, 2.24) is 4.98 Å². The highest BCUT2D eigenvalue weighted by Crippen LogP contribution is 2.34. The largest absolute Gasteiger partial charge is 0.473 e. The number of nitrogens with zero attached hydrogens (tertiary/aromatic N) is 1. The quantitative estimate of drug-likeness (QED) is 0.320. The smallest absolute Gasteiger partial charge is 0.225 e. The molecule has 154 valence electrons. The van der Waals surface area contributed by atoms with Crippen LogP contribution in [0.5, 0.6) is 11.8 Å². The Kier molecular flexibility index (Phi) is 6.44. The van der Waals surface area contributed by atoms with Crippen molar-refractivity contribution in [2.45, 2.75) is 20.1 Å². The highest BCUT2D eigenvalue weighted by Gasteiger charge is 2.14. The van der Waals surface area contributed by atoms with Crippen LogP contribution in [-0.2, 0) is 13.2 Å². The van der Waals surface area contributed by atoms with Crippen LogP contribution in [0.2, 0.25) is 0 Å². The minimum atomic E-state index is 0.429. The Labute approximate surface area is 183 Å². The van der Waals surface area contributed by atoms with Crippen molar-refractivity contribution in [2.75, 3.05) is 0 Å². The van der Waals surface area contributed by atoms with E-state index in [-0.39, 0.29) is 0 Å². The third kappa shape index (κ3) is 5.20. The highest BCUT2D eigenvalue weighted by molar-refractivity contribution is 5.78. The van der Waals surface area contributed by atoms with Crippen molar-refractivity contribution >= 4 is 6.08 Å². The van der Waals surface area contributed by atoms with E-state index >= 15 is 0 Å². The predicted octanol–water partition coefficient (Wildman–Crippen LogP) is 6.86. The lowest BCUT2D eigenvalue weighted by Crippen LogP contribution is -2.03. The van der Waals surface area contributed by atoms with Gasteiger partial charge in [0.1, 0.15) is 13.2 Å². The number of hydrogen-bond donors (Lipinski definition) is 0. The van der Waals surface area contributed by atoms with E-state index in [0.29, 0.717) is 25.0 Å². The van der Waals surface area contributed by atoms with Crippen molar-refractivity contribution in [1.29, 1.82) is 0 Å². The average molecular weight is 408 g/mol. The fourth-order valence-electron chi connectivity index (χ4n) is 3.37. The first kappa shape index (κ1) is 20.4. The first-order chi connectivity index (χ1) is 15.2. The molecule has 3 heteroatoms. The van der Waals surface area contributed by atoms with Crippen molar-refractivity contribution in [2.24, 2.45) is 0 Å². The van der Waals surface area contributed by atoms with Crippen LogP contribution >= 0.6 is 0 Å². The summed E-state index contributed by atoms with van der Waals surface area (Å²) < 4.78 is 12.1. The van der Waals surface area contributed by atoms with Gasteiger partial charge in [-0.2, -0.15) is 4.98 Å². The standard InChI is InChI=1S/C28H25NO2/c1-3-24-18-21(2)14-15-25(24)26-16-17-27(30-19-22-10-6-4-7-11-22)29-28(26)31-20-23-12-8-5-9-13-23/h3-18H,1,19-20H2,2H3. The van der Waals surface area contributed by atoms with E-state index in [2.05, 4.69) is 31.7 Å². The van der Waals surface area contributed by atoms with Gasteiger partial charge in [0.05, 0.1) is 0 Å². The van der Waals surface area contributed by atoms with E-state index in [9.17, 15) is 0 Å². The second kappa shape index (κ2) is 9.77. The van der Waals surface area contributed by atoms with Gasteiger partial charge in [-0.1, -0.05) is 97.1 Å². The summed E-state index contributed by atoms with van der Waals surface area (Å²) in [6.07, 6.45) is 1.86. The van der Waals surface area contributed by atoms with E-state index in [4.69, 9.17) is 14.5 Å². The molecule has 0 unspecified atom stereocenters. The molecule has 0 saturated carbocycles. The molecule has 0 aliphatic rings. The molecule has 0 saturated heterocycles. The molecular weight excluding hydrogens is 382 g/mol. The van der Waals surface area contributed by atoms with Gasteiger partial charge in [-0.25, -0.2) is 0 Å². The summed E-state index contributed by atoms with van der Waals surface area (Å²) in [7, 11) is 0. The molecule has 1 heterocycles. The third-order valence-electron chi connectivity index (χ3n) is 5.00. The Hall–Kier alpha value is -3.85. The normalized spacial score (nSPS) is 10.5. The van der Waals surface area contributed by atoms with Crippen LogP contribution in [0, 0.1) is 6.92 Å². The van der Waals surface area contributed by atoms with Crippen molar-refractivity contribution in [3.8, 4) is 22.9 Å². The van der Waals surface area contributed by atoms with Crippen LogP contribution in [0.25, 0.3) is 17.2 Å². The van der Waals surface area contributed by atoms with Gasteiger partial charge < -0.3 is 9.47 Å². The number of ether oxygens (including phenoxy) is 2. The highest BCUT2D eigenvalue weighted by atomic mass is 16.5. The lowest BCUT2D eigenvalue weighted by Gasteiger charge is -2.15. The maximum atomic E-state index is 6.17. The minimum absolute atomic E-state index is 0.429. The van der Waals surface area contributed by atoms with Gasteiger partial charge in [0.25, 0.3) is 0 Å². The van der Waals surface area contributed by atoms with Crippen LogP contribution in [0.15, 0.2) is 97.6 Å². The molecular formula is C28H25NO2. The first-order valence-corrected chi connectivity index (χ1v) is 10.3. The van der Waals surface area contributed by atoms with Crippen LogP contribution in [0.3, 0.4) is 0 Å². The Morgan fingerprint density at radius 2 is 1.35 bits per heavy atom. The first-order valence-electron chi connectivity index (χ1n) is 10.3. The van der Waals surface area contributed by atoms with Gasteiger partial charge in [-0.3, -0.25) is 0 Å². The molecule has 1 aromatic heterocycles. The van der Waals surface area contributed by atoms with Gasteiger partial charge in [-0.05, 0) is 35.2 Å². The van der Waals surface area contributed by atoms with Crippen molar-refractivity contribution in [3.63, 3.8) is 0 Å². The van der Waals surface area contributed by atoms with Crippen LogP contribution < -0.4 is 9.47 Å². The van der Waals surface area contributed by atoms with Crippen LogP contribution in [-0.4, -0.2) is 4.98 Å². The van der Waals surface area contributed by atoms with Gasteiger partial charge in [0.15, 0.2) is 0 Å². The zero-order valence-electron chi connectivity index (χ0n) is 17.6. The predicted molar refractivity (Wildman–Crippen MR) is 126 cm³/mol. The van der Waals surface area contributed by atoms with E-state index in [1.165, 1.54) is 5.56 Å². The number of benzene rings is 3. The average Bonchev–Trinajstić information content (AvgIpc) is 2.83. The second-order valence-electron chi connectivity index (χ2n) is 7.35. The summed E-state index contributed by atoms with van der Waals surface area (Å²) >= 11 is 0. The van der Waals surface area contributed by atoms with Crippen LogP contribution in [0.4, 0.5) is 0 Å². The molecule has 0 fully saturated rings. The number of aromatic nitrogens is 1. The molecule has 31 heavy (non-hydrogen) atoms. The third-order valence-corrected chi connectivity index (χ3v) is 5.00. The fraction of sp³-hybridized carbons (Fsp3) is 0.107. The monoisotopic (exact) mass is 407 g/mol. The minimum Gasteiger partial charge on any atom is -0.473 e. The Morgan fingerprint density at radius 1 is 0.742 bits per heavy atom. The SMILES string of the molecule is C=Cc1cc(C)ccc1-c1ccc(OCc2ccccc2)nc1OCc1ccccc1. The second-order valence-corrected chi connectivity index (χ2v) is 7.35. The van der Waals surface area contributed by atoms with E-state index in [0.717, 1.165) is 27.8 Å². The van der Waals surface area contributed by atoms with Gasteiger partial charge >= 0.3 is 0 Å². The number of hydrogen-bond acceptors (Lipinski definition) is 3. The Balaban J connectivity index is 1.65. The maximum Gasteiger partial charge on any atom is 0.225 e. The van der Waals surface area contributed by atoms with Gasteiger partial charge in [0.2, 0.25) is 11.8 Å². The van der Waals surface area contributed by atoms with Crippen molar-refractivity contribution < 1.29 is 9.47 Å². The molecule has 4 rings (SSSR count). The lowest BCUT2D eigenvalue weighted by molar-refractivity contribution is 0.268. The Bertz CT molecular complexity index is 1150. The number of pyridine rings is 1. The number of aryl methyl sites for hydroxylation is 1.